The molecule has 1 fully saturated rings. The third-order valence-electron chi connectivity index (χ3n) is 4.05. The fourth-order valence-corrected chi connectivity index (χ4v) is 3.49. The van der Waals surface area contributed by atoms with E-state index in [-0.39, 0.29) is 22.0 Å². The molecule has 2 aromatic rings. The zero-order chi connectivity index (χ0) is 20.1. The number of nitrogens with zero attached hydrogens (tertiary/aromatic N) is 2. The van der Waals surface area contributed by atoms with Gasteiger partial charge >= 0.3 is 5.97 Å². The Hall–Kier alpha value is -2.49. The summed E-state index contributed by atoms with van der Waals surface area (Å²) < 4.78 is 11.2. The molecule has 1 amide bonds. The Balaban J connectivity index is 1.79. The number of carboxylic acid groups (broad SMARTS) is 1. The Morgan fingerprint density at radius 2 is 2.07 bits per heavy atom. The summed E-state index contributed by atoms with van der Waals surface area (Å²) in [5, 5.41) is 11.9. The molecule has 2 N–H and O–H groups in total. The van der Waals surface area contributed by atoms with E-state index >= 15 is 0 Å². The molecule has 0 atom stereocenters. The third-order valence-corrected chi connectivity index (χ3v) is 4.95. The first kappa shape index (κ1) is 20.2. The van der Waals surface area contributed by atoms with Crippen molar-refractivity contribution in [2.75, 3.05) is 31.6 Å². The van der Waals surface area contributed by atoms with Crippen molar-refractivity contribution in [1.29, 1.82) is 0 Å². The summed E-state index contributed by atoms with van der Waals surface area (Å²) in [4.78, 5) is 29.9. The van der Waals surface area contributed by atoms with Gasteiger partial charge in [-0.1, -0.05) is 11.3 Å². The molecule has 9 heteroatoms. The molecule has 0 spiro atoms. The van der Waals surface area contributed by atoms with Gasteiger partial charge in [0, 0.05) is 25.2 Å². The molecular weight excluding hydrogens is 382 g/mol. The Kier molecular flexibility index (Phi) is 6.61. The maximum atomic E-state index is 12.7. The van der Waals surface area contributed by atoms with E-state index in [9.17, 15) is 9.59 Å². The minimum Gasteiger partial charge on any atom is -0.491 e. The molecule has 28 heavy (non-hydrogen) atoms. The zero-order valence-electron chi connectivity index (χ0n) is 15.8. The lowest BCUT2D eigenvalue weighted by Crippen LogP contribution is -2.35. The molecule has 150 valence electrons. The highest BCUT2D eigenvalue weighted by atomic mass is 32.1. The van der Waals surface area contributed by atoms with Crippen molar-refractivity contribution in [3.63, 3.8) is 0 Å². The highest BCUT2D eigenvalue weighted by molar-refractivity contribution is 7.17. The van der Waals surface area contributed by atoms with Gasteiger partial charge in [0.1, 0.15) is 10.6 Å². The van der Waals surface area contributed by atoms with Crippen LogP contribution in [0.1, 0.15) is 39.4 Å². The van der Waals surface area contributed by atoms with Crippen LogP contribution in [0.4, 0.5) is 5.13 Å². The van der Waals surface area contributed by atoms with Crippen molar-refractivity contribution in [2.24, 2.45) is 0 Å². The summed E-state index contributed by atoms with van der Waals surface area (Å²) >= 11 is 0.916. The molecule has 8 nitrogen and oxygen atoms in total. The summed E-state index contributed by atoms with van der Waals surface area (Å²) in [7, 11) is 0. The van der Waals surface area contributed by atoms with Crippen LogP contribution in [-0.4, -0.2) is 59.3 Å². The average molecular weight is 405 g/mol. The molecule has 1 aromatic carbocycles. The van der Waals surface area contributed by atoms with Crippen LogP contribution in [0.15, 0.2) is 24.4 Å². The number of carboxylic acids is 1. The highest BCUT2D eigenvalue weighted by Crippen LogP contribution is 2.23. The fraction of sp³-hybridized carbons (Fsp3) is 0.421. The van der Waals surface area contributed by atoms with Gasteiger partial charge < -0.3 is 14.6 Å². The normalized spacial score (nSPS) is 14.8. The van der Waals surface area contributed by atoms with E-state index in [1.54, 1.807) is 6.07 Å². The maximum absolute atomic E-state index is 12.7. The van der Waals surface area contributed by atoms with E-state index in [1.807, 2.05) is 26.0 Å². The summed E-state index contributed by atoms with van der Waals surface area (Å²) in [6, 6.07) is 5.45. The second kappa shape index (κ2) is 9.13. The number of carbonyl (C=O) groups is 2. The maximum Gasteiger partial charge on any atom is 0.347 e. The first-order valence-corrected chi connectivity index (χ1v) is 9.83. The molecule has 2 heterocycles. The molecule has 1 aliphatic rings. The molecule has 0 saturated carbocycles. The largest absolute Gasteiger partial charge is 0.491 e. The topological polar surface area (TPSA) is 101 Å². The number of benzene rings is 1. The molecule has 1 aromatic heterocycles. The number of aromatic nitrogens is 1. The van der Waals surface area contributed by atoms with Crippen LogP contribution < -0.4 is 10.1 Å². The van der Waals surface area contributed by atoms with Crippen LogP contribution in [0.5, 0.6) is 5.75 Å². The molecule has 1 aliphatic heterocycles. The van der Waals surface area contributed by atoms with E-state index in [1.165, 1.54) is 6.20 Å². The standard InChI is InChI=1S/C19H23N3O5S/c1-12(2)27-15-8-13(11-22-3-5-26-6-4-22)7-14(9-15)17(23)21-19-20-10-16(28-19)18(24)25/h7-10,12H,3-6,11H2,1-2H3,(H,24,25)(H,20,21,23). The van der Waals surface area contributed by atoms with Gasteiger partial charge in [-0.2, -0.15) is 0 Å². The number of amides is 1. The predicted octanol–water partition coefficient (Wildman–Crippen LogP) is 2.71. The Morgan fingerprint density at radius 1 is 1.32 bits per heavy atom. The van der Waals surface area contributed by atoms with Crippen molar-refractivity contribution < 1.29 is 24.2 Å². The fourth-order valence-electron chi connectivity index (χ4n) is 2.84. The highest BCUT2D eigenvalue weighted by Gasteiger charge is 2.16. The number of rotatable bonds is 7. The molecular formula is C19H23N3O5S. The molecule has 3 rings (SSSR count). The summed E-state index contributed by atoms with van der Waals surface area (Å²) in [6.07, 6.45) is 1.21. The molecule has 1 saturated heterocycles. The van der Waals surface area contributed by atoms with Crippen molar-refractivity contribution >= 4 is 28.3 Å². The molecule has 0 aliphatic carbocycles. The number of nitrogens with one attached hydrogen (secondary N) is 1. The number of hydrogen-bond acceptors (Lipinski definition) is 7. The summed E-state index contributed by atoms with van der Waals surface area (Å²) in [5.41, 5.74) is 1.41. The number of morpholine rings is 1. The van der Waals surface area contributed by atoms with Crippen LogP contribution >= 0.6 is 11.3 Å². The number of ether oxygens (including phenoxy) is 2. The van der Waals surface area contributed by atoms with Crippen LogP contribution in [-0.2, 0) is 11.3 Å². The number of carbonyl (C=O) groups excluding carboxylic acids is 1. The van der Waals surface area contributed by atoms with Gasteiger partial charge in [-0.05, 0) is 37.6 Å². The van der Waals surface area contributed by atoms with Gasteiger partial charge in [0.25, 0.3) is 5.91 Å². The first-order valence-electron chi connectivity index (χ1n) is 9.02. The number of anilines is 1. The Labute approximate surface area is 167 Å². The van der Waals surface area contributed by atoms with Gasteiger partial charge in [-0.3, -0.25) is 15.0 Å². The molecule has 0 radical (unpaired) electrons. The zero-order valence-corrected chi connectivity index (χ0v) is 16.6. The van der Waals surface area contributed by atoms with E-state index in [0.717, 1.165) is 30.0 Å². The predicted molar refractivity (Wildman–Crippen MR) is 105 cm³/mol. The van der Waals surface area contributed by atoms with Gasteiger partial charge in [0.2, 0.25) is 0 Å². The quantitative estimate of drug-likeness (QED) is 0.730. The first-order chi connectivity index (χ1) is 13.4. The van der Waals surface area contributed by atoms with Gasteiger partial charge in [-0.25, -0.2) is 9.78 Å². The summed E-state index contributed by atoms with van der Waals surface area (Å²) in [5.74, 6) is -0.807. The lowest BCUT2D eigenvalue weighted by molar-refractivity contribution is 0.0341. The average Bonchev–Trinajstić information content (AvgIpc) is 3.10. The minimum atomic E-state index is -1.07. The monoisotopic (exact) mass is 405 g/mol. The second-order valence-corrected chi connectivity index (χ2v) is 7.74. The van der Waals surface area contributed by atoms with Crippen molar-refractivity contribution in [1.82, 2.24) is 9.88 Å². The van der Waals surface area contributed by atoms with E-state index in [0.29, 0.717) is 31.1 Å². The van der Waals surface area contributed by atoms with Gasteiger partial charge in [-0.15, -0.1) is 0 Å². The Bertz CT molecular complexity index is 846. The van der Waals surface area contributed by atoms with Crippen molar-refractivity contribution in [3.05, 3.63) is 40.4 Å². The van der Waals surface area contributed by atoms with Crippen LogP contribution in [0.3, 0.4) is 0 Å². The van der Waals surface area contributed by atoms with Crippen LogP contribution in [0.2, 0.25) is 0 Å². The smallest absolute Gasteiger partial charge is 0.347 e. The minimum absolute atomic E-state index is 0.0216. The number of thiazole rings is 1. The van der Waals surface area contributed by atoms with E-state index in [2.05, 4.69) is 15.2 Å². The third kappa shape index (κ3) is 5.51. The van der Waals surface area contributed by atoms with Gasteiger partial charge in [0.15, 0.2) is 5.13 Å². The number of aromatic carboxylic acids is 1. The van der Waals surface area contributed by atoms with Crippen molar-refractivity contribution in [3.8, 4) is 5.75 Å². The SMILES string of the molecule is CC(C)Oc1cc(CN2CCOCC2)cc(C(=O)Nc2ncc(C(=O)O)s2)c1. The number of hydrogen-bond donors (Lipinski definition) is 2. The Morgan fingerprint density at radius 3 is 2.71 bits per heavy atom. The summed E-state index contributed by atoms with van der Waals surface area (Å²) in [6.45, 7) is 7.63. The van der Waals surface area contributed by atoms with Crippen LogP contribution in [0.25, 0.3) is 0 Å². The second-order valence-electron chi connectivity index (χ2n) is 6.71. The molecule has 0 unspecified atom stereocenters. The van der Waals surface area contributed by atoms with Gasteiger partial charge in [0.05, 0.1) is 25.5 Å². The molecule has 0 bridgehead atoms. The lowest BCUT2D eigenvalue weighted by Gasteiger charge is -2.27. The van der Waals surface area contributed by atoms with Crippen LogP contribution in [0, 0.1) is 0 Å². The van der Waals surface area contributed by atoms with Crippen molar-refractivity contribution in [2.45, 2.75) is 26.5 Å². The van der Waals surface area contributed by atoms with E-state index < -0.39 is 5.97 Å². The lowest BCUT2D eigenvalue weighted by atomic mass is 10.1. The van der Waals surface area contributed by atoms with E-state index in [4.69, 9.17) is 14.6 Å².